The van der Waals surface area contributed by atoms with Crippen LogP contribution in [0.4, 0.5) is 4.79 Å². The zero-order valence-corrected chi connectivity index (χ0v) is 17.0. The third kappa shape index (κ3) is 4.58. The summed E-state index contributed by atoms with van der Waals surface area (Å²) in [4.78, 5) is 24.8. The number of nitrogens with two attached hydrogens (primary N) is 1. The summed E-state index contributed by atoms with van der Waals surface area (Å²) in [5.74, 6) is 6.07. The predicted molar refractivity (Wildman–Crippen MR) is 116 cm³/mol. The number of hydrogen-bond acceptors (Lipinski definition) is 4. The van der Waals surface area contributed by atoms with E-state index in [9.17, 15) is 9.59 Å². The molecule has 1 atom stereocenters. The smallest absolute Gasteiger partial charge is 0.425 e. The Morgan fingerprint density at radius 1 is 0.933 bits per heavy atom. The number of carbonyl (C=O) groups is 2. The summed E-state index contributed by atoms with van der Waals surface area (Å²) in [6, 6.07) is 27.7. The highest BCUT2D eigenvalue weighted by Crippen LogP contribution is 2.37. The number of carbonyl (C=O) groups excluding carboxylic acids is 2. The van der Waals surface area contributed by atoms with Gasteiger partial charge in [0.05, 0.1) is 0 Å². The molecule has 0 fully saturated rings. The lowest BCUT2D eigenvalue weighted by atomic mass is 9.84. The molecule has 5 nitrogen and oxygen atoms in total. The van der Waals surface area contributed by atoms with E-state index < -0.39 is 17.7 Å². The fraction of sp³-hybridized carbons (Fsp3) is 0.200. The maximum atomic E-state index is 13.1. The van der Waals surface area contributed by atoms with Crippen LogP contribution in [0.1, 0.15) is 30.0 Å². The van der Waals surface area contributed by atoms with Gasteiger partial charge in [-0.15, -0.1) is 0 Å². The monoisotopic (exact) mass is 402 g/mol. The van der Waals surface area contributed by atoms with Gasteiger partial charge < -0.3 is 9.53 Å². The van der Waals surface area contributed by atoms with Crippen molar-refractivity contribution in [2.24, 2.45) is 5.84 Å². The van der Waals surface area contributed by atoms with Crippen molar-refractivity contribution < 1.29 is 14.3 Å². The van der Waals surface area contributed by atoms with Crippen LogP contribution >= 0.6 is 0 Å². The van der Waals surface area contributed by atoms with Gasteiger partial charge in [-0.25, -0.2) is 15.6 Å². The maximum absolute atomic E-state index is 13.1. The number of ether oxygens (including phenoxy) is 1. The minimum Gasteiger partial charge on any atom is -0.432 e. The number of aldehydes is 1. The fourth-order valence-corrected chi connectivity index (χ4v) is 3.58. The van der Waals surface area contributed by atoms with Gasteiger partial charge in [-0.1, -0.05) is 97.9 Å². The second kappa shape index (κ2) is 9.85. The van der Waals surface area contributed by atoms with Crippen LogP contribution in [0.5, 0.6) is 0 Å². The highest BCUT2D eigenvalue weighted by Gasteiger charge is 2.38. The van der Waals surface area contributed by atoms with E-state index in [4.69, 9.17) is 10.6 Å². The molecule has 5 heteroatoms. The van der Waals surface area contributed by atoms with E-state index in [2.05, 4.69) is 0 Å². The van der Waals surface area contributed by atoms with Crippen molar-refractivity contribution >= 4 is 12.4 Å². The molecule has 0 saturated heterocycles. The first-order chi connectivity index (χ1) is 14.6. The van der Waals surface area contributed by atoms with Gasteiger partial charge in [0.2, 0.25) is 0 Å². The minimum atomic E-state index is -1.02. The Morgan fingerprint density at radius 2 is 1.40 bits per heavy atom. The van der Waals surface area contributed by atoms with Crippen molar-refractivity contribution in [2.75, 3.05) is 0 Å². The van der Waals surface area contributed by atoms with Crippen LogP contribution in [0, 0.1) is 0 Å². The molecule has 2 N–H and O–H groups in total. The zero-order chi connectivity index (χ0) is 21.4. The lowest BCUT2D eigenvalue weighted by Gasteiger charge is -2.36. The largest absolute Gasteiger partial charge is 0.432 e. The van der Waals surface area contributed by atoms with Gasteiger partial charge in [0, 0.05) is 17.5 Å². The molecule has 0 aliphatic carbocycles. The minimum absolute atomic E-state index is 0.311. The number of benzene rings is 3. The van der Waals surface area contributed by atoms with E-state index in [-0.39, 0.29) is 0 Å². The highest BCUT2D eigenvalue weighted by atomic mass is 16.6. The molecule has 1 unspecified atom stereocenters. The van der Waals surface area contributed by atoms with Gasteiger partial charge in [-0.3, -0.25) is 0 Å². The average molecular weight is 402 g/mol. The molecule has 0 bridgehead atoms. The summed E-state index contributed by atoms with van der Waals surface area (Å²) in [5.41, 5.74) is 1.57. The molecular formula is C25H26N2O3. The molecule has 30 heavy (non-hydrogen) atoms. The standard InChI is InChI=1S/C25H26N2O3/c1-2-25(21-14-8-4-9-15-21,22-16-10-5-11-17-22)30-24(29)27(26)23(19-28)18-20-12-6-3-7-13-20/h3-17,19,23H,2,18,26H2,1H3. The third-order valence-corrected chi connectivity index (χ3v) is 5.25. The summed E-state index contributed by atoms with van der Waals surface area (Å²) in [7, 11) is 0. The third-order valence-electron chi connectivity index (χ3n) is 5.25. The number of hydrogen-bond donors (Lipinski definition) is 1. The molecule has 1 amide bonds. The van der Waals surface area contributed by atoms with Gasteiger partial charge in [0.25, 0.3) is 0 Å². The van der Waals surface area contributed by atoms with Gasteiger partial charge in [-0.05, 0) is 12.0 Å². The van der Waals surface area contributed by atoms with Crippen LogP contribution in [0.15, 0.2) is 91.0 Å². The molecule has 3 aromatic carbocycles. The first-order valence-corrected chi connectivity index (χ1v) is 9.98. The normalized spacial score (nSPS) is 12.1. The summed E-state index contributed by atoms with van der Waals surface area (Å²) < 4.78 is 6.04. The average Bonchev–Trinajstić information content (AvgIpc) is 2.82. The molecule has 0 aliphatic rings. The van der Waals surface area contributed by atoms with E-state index in [1.54, 1.807) is 0 Å². The number of nitrogens with zero attached hydrogens (tertiary/aromatic N) is 1. The van der Waals surface area contributed by atoms with Crippen LogP contribution < -0.4 is 5.84 Å². The molecule has 3 rings (SSSR count). The molecule has 3 aromatic rings. The van der Waals surface area contributed by atoms with Gasteiger partial charge in [-0.2, -0.15) is 0 Å². The highest BCUT2D eigenvalue weighted by molar-refractivity contribution is 5.74. The molecule has 0 radical (unpaired) electrons. The number of hydrazine groups is 1. The summed E-state index contributed by atoms with van der Waals surface area (Å²) >= 11 is 0. The first-order valence-electron chi connectivity index (χ1n) is 9.98. The second-order valence-corrected chi connectivity index (χ2v) is 7.08. The molecule has 0 aromatic heterocycles. The number of amides is 1. The van der Waals surface area contributed by atoms with Crippen LogP contribution in [0.3, 0.4) is 0 Å². The summed E-state index contributed by atoms with van der Waals surface area (Å²) in [6.45, 7) is 1.95. The van der Waals surface area contributed by atoms with E-state index in [1.165, 1.54) is 0 Å². The van der Waals surface area contributed by atoms with E-state index in [1.807, 2.05) is 97.9 Å². The van der Waals surface area contributed by atoms with E-state index in [0.717, 1.165) is 21.7 Å². The SMILES string of the molecule is CCC(OC(=O)N(N)C(C=O)Cc1ccccc1)(c1ccccc1)c1ccccc1. The molecule has 0 spiro atoms. The number of rotatable bonds is 8. The zero-order valence-electron chi connectivity index (χ0n) is 17.0. The quantitative estimate of drug-likeness (QED) is 0.261. The van der Waals surface area contributed by atoms with Gasteiger partial charge >= 0.3 is 6.09 Å². The van der Waals surface area contributed by atoms with Crippen molar-refractivity contribution in [1.29, 1.82) is 0 Å². The Bertz CT molecular complexity index is 906. The topological polar surface area (TPSA) is 72.6 Å². The Hall–Kier alpha value is -3.44. The maximum Gasteiger partial charge on any atom is 0.425 e. The lowest BCUT2D eigenvalue weighted by Crippen LogP contribution is -2.50. The Morgan fingerprint density at radius 3 is 1.83 bits per heavy atom. The first kappa shape index (κ1) is 21.3. The predicted octanol–water partition coefficient (Wildman–Crippen LogP) is 4.46. The van der Waals surface area contributed by atoms with Gasteiger partial charge in [0.1, 0.15) is 12.3 Å². The van der Waals surface area contributed by atoms with Crippen LogP contribution in [-0.4, -0.2) is 23.4 Å². The fourth-order valence-electron chi connectivity index (χ4n) is 3.58. The van der Waals surface area contributed by atoms with Gasteiger partial charge in [0.15, 0.2) is 5.60 Å². The molecule has 0 saturated carbocycles. The Labute approximate surface area is 177 Å². The van der Waals surface area contributed by atoms with Crippen molar-refractivity contribution in [2.45, 2.75) is 31.4 Å². The second-order valence-electron chi connectivity index (χ2n) is 7.08. The Balaban J connectivity index is 1.90. The van der Waals surface area contributed by atoms with Crippen molar-refractivity contribution in [1.82, 2.24) is 5.01 Å². The van der Waals surface area contributed by atoms with E-state index in [0.29, 0.717) is 19.1 Å². The van der Waals surface area contributed by atoms with Crippen LogP contribution in [0.2, 0.25) is 0 Å². The molecule has 0 aliphatic heterocycles. The van der Waals surface area contributed by atoms with Crippen molar-refractivity contribution in [3.05, 3.63) is 108 Å². The Kier molecular flexibility index (Phi) is 6.99. The molecule has 0 heterocycles. The van der Waals surface area contributed by atoms with Crippen LogP contribution in [0.25, 0.3) is 0 Å². The lowest BCUT2D eigenvalue weighted by molar-refractivity contribution is -0.112. The van der Waals surface area contributed by atoms with Crippen molar-refractivity contribution in [3.8, 4) is 0 Å². The van der Waals surface area contributed by atoms with E-state index >= 15 is 0 Å². The molecule has 154 valence electrons. The summed E-state index contributed by atoms with van der Waals surface area (Å²) in [6.07, 6.45) is 0.738. The van der Waals surface area contributed by atoms with Crippen LogP contribution in [-0.2, 0) is 21.6 Å². The summed E-state index contributed by atoms with van der Waals surface area (Å²) in [5, 5.41) is 0.885. The molecular weight excluding hydrogens is 376 g/mol. The van der Waals surface area contributed by atoms with Crippen molar-refractivity contribution in [3.63, 3.8) is 0 Å².